The van der Waals surface area contributed by atoms with E-state index in [2.05, 4.69) is 0 Å². The molecule has 0 N–H and O–H groups in total. The van der Waals surface area contributed by atoms with Crippen LogP contribution in [0.1, 0.15) is 33.6 Å². The molecule has 1 fully saturated rings. The minimum Gasteiger partial charge on any atom is -0.465 e. The summed E-state index contributed by atoms with van der Waals surface area (Å²) in [6, 6.07) is -0.257. The van der Waals surface area contributed by atoms with Gasteiger partial charge >= 0.3 is 5.97 Å². The lowest BCUT2D eigenvalue weighted by atomic mass is 10.2. The molecular formula is C12H23NO4S. The van der Waals surface area contributed by atoms with E-state index in [0.717, 1.165) is 19.4 Å². The maximum Gasteiger partial charge on any atom is 0.323 e. The number of likely N-dealkylation sites (tertiary alicyclic amines) is 1. The van der Waals surface area contributed by atoms with Crippen LogP contribution in [-0.4, -0.2) is 56.0 Å². The highest BCUT2D eigenvalue weighted by Crippen LogP contribution is 2.18. The fourth-order valence-corrected chi connectivity index (χ4v) is 3.04. The molecule has 0 bridgehead atoms. The van der Waals surface area contributed by atoms with Gasteiger partial charge in [0.25, 0.3) is 0 Å². The van der Waals surface area contributed by atoms with Crippen molar-refractivity contribution in [3.8, 4) is 0 Å². The van der Waals surface area contributed by atoms with Crippen molar-refractivity contribution < 1.29 is 17.9 Å². The van der Waals surface area contributed by atoms with E-state index in [1.54, 1.807) is 20.8 Å². The monoisotopic (exact) mass is 277 g/mol. The molecule has 6 heteroatoms. The van der Waals surface area contributed by atoms with Gasteiger partial charge in [0.2, 0.25) is 0 Å². The van der Waals surface area contributed by atoms with Crippen molar-refractivity contribution in [1.29, 1.82) is 0 Å². The molecule has 106 valence electrons. The molecule has 5 nitrogen and oxygen atoms in total. The first-order valence-corrected chi connectivity index (χ1v) is 8.22. The molecular weight excluding hydrogens is 254 g/mol. The summed E-state index contributed by atoms with van der Waals surface area (Å²) in [7, 11) is -3.04. The van der Waals surface area contributed by atoms with Crippen molar-refractivity contribution in [2.45, 2.75) is 44.9 Å². The Balaban J connectivity index is 2.54. The quantitative estimate of drug-likeness (QED) is 0.673. The second-order valence-electron chi connectivity index (χ2n) is 4.86. The molecule has 0 saturated carbocycles. The van der Waals surface area contributed by atoms with E-state index >= 15 is 0 Å². The second kappa shape index (κ2) is 6.52. The van der Waals surface area contributed by atoms with Crippen molar-refractivity contribution in [1.82, 2.24) is 4.90 Å². The lowest BCUT2D eigenvalue weighted by Gasteiger charge is -2.23. The van der Waals surface area contributed by atoms with Crippen molar-refractivity contribution in [3.05, 3.63) is 0 Å². The number of hydrogen-bond acceptors (Lipinski definition) is 5. The van der Waals surface area contributed by atoms with Gasteiger partial charge in [0.1, 0.15) is 6.04 Å². The molecule has 0 aromatic heterocycles. The van der Waals surface area contributed by atoms with Crippen LogP contribution in [0.2, 0.25) is 0 Å². The summed E-state index contributed by atoms with van der Waals surface area (Å²) in [6.07, 6.45) is 1.69. The van der Waals surface area contributed by atoms with E-state index in [9.17, 15) is 13.2 Å². The number of ether oxygens (including phenoxy) is 1. The molecule has 0 amide bonds. The summed E-state index contributed by atoms with van der Waals surface area (Å²) in [5.41, 5.74) is 0. The molecule has 0 aromatic carbocycles. The fraction of sp³-hybridized carbons (Fsp3) is 0.917. The molecule has 0 aliphatic carbocycles. The number of hydrogen-bond donors (Lipinski definition) is 0. The lowest BCUT2D eigenvalue weighted by molar-refractivity contribution is -0.148. The summed E-state index contributed by atoms with van der Waals surface area (Å²) in [5, 5.41) is -0.360. The zero-order valence-corrected chi connectivity index (χ0v) is 12.2. The predicted octanol–water partition coefficient (Wildman–Crippen LogP) is 0.837. The molecule has 1 rings (SSSR count). The third kappa shape index (κ3) is 3.95. The molecule has 1 heterocycles. The molecule has 0 aromatic rings. The van der Waals surface area contributed by atoms with Crippen LogP contribution in [0, 0.1) is 0 Å². The highest BCUT2D eigenvalue weighted by Gasteiger charge is 2.32. The highest BCUT2D eigenvalue weighted by atomic mass is 32.2. The van der Waals surface area contributed by atoms with Gasteiger partial charge in [-0.05, 0) is 40.2 Å². The van der Waals surface area contributed by atoms with Crippen LogP contribution in [0.15, 0.2) is 0 Å². The first-order valence-electron chi connectivity index (χ1n) is 6.50. The van der Waals surface area contributed by atoms with Crippen molar-refractivity contribution in [2.75, 3.05) is 25.4 Å². The van der Waals surface area contributed by atoms with Gasteiger partial charge in [0.15, 0.2) is 9.84 Å². The molecule has 1 aliphatic rings. The van der Waals surface area contributed by atoms with Gasteiger partial charge in [-0.15, -0.1) is 0 Å². The van der Waals surface area contributed by atoms with E-state index in [-0.39, 0.29) is 23.0 Å². The molecule has 0 radical (unpaired) electrons. The average molecular weight is 277 g/mol. The zero-order valence-electron chi connectivity index (χ0n) is 11.4. The van der Waals surface area contributed by atoms with Gasteiger partial charge in [-0.1, -0.05) is 0 Å². The number of carbonyl (C=O) groups excluding carboxylic acids is 1. The second-order valence-corrected chi connectivity index (χ2v) is 7.54. The number of carbonyl (C=O) groups is 1. The van der Waals surface area contributed by atoms with E-state index in [1.165, 1.54) is 0 Å². The summed E-state index contributed by atoms with van der Waals surface area (Å²) in [5.74, 6) is -0.113. The van der Waals surface area contributed by atoms with Gasteiger partial charge in [-0.25, -0.2) is 8.42 Å². The normalized spacial score (nSPS) is 21.4. The SMILES string of the molecule is CCOC(=O)C1CCCN1CCS(=O)(=O)C(C)C. The molecule has 0 spiro atoms. The topological polar surface area (TPSA) is 63.7 Å². The third-order valence-electron chi connectivity index (χ3n) is 3.30. The van der Waals surface area contributed by atoms with Crippen LogP contribution in [0.4, 0.5) is 0 Å². The van der Waals surface area contributed by atoms with Gasteiger partial charge < -0.3 is 4.74 Å². The summed E-state index contributed by atoms with van der Waals surface area (Å²) in [6.45, 7) is 6.71. The number of nitrogens with zero attached hydrogens (tertiary/aromatic N) is 1. The van der Waals surface area contributed by atoms with Gasteiger partial charge in [-0.2, -0.15) is 0 Å². The Bertz CT molecular complexity index is 378. The van der Waals surface area contributed by atoms with E-state index < -0.39 is 9.84 Å². The maximum atomic E-state index is 11.7. The Kier molecular flexibility index (Phi) is 5.59. The Labute approximate surface area is 109 Å². The van der Waals surface area contributed by atoms with Gasteiger partial charge in [0, 0.05) is 6.54 Å². The van der Waals surface area contributed by atoms with E-state index in [0.29, 0.717) is 13.2 Å². The van der Waals surface area contributed by atoms with Crippen LogP contribution >= 0.6 is 0 Å². The van der Waals surface area contributed by atoms with E-state index in [4.69, 9.17) is 4.74 Å². The Hall–Kier alpha value is -0.620. The third-order valence-corrected chi connectivity index (χ3v) is 5.49. The highest BCUT2D eigenvalue weighted by molar-refractivity contribution is 7.92. The fourth-order valence-electron chi connectivity index (χ4n) is 2.08. The van der Waals surface area contributed by atoms with Crippen LogP contribution in [0.25, 0.3) is 0 Å². The zero-order chi connectivity index (χ0) is 13.8. The minimum atomic E-state index is -3.04. The predicted molar refractivity (Wildman–Crippen MR) is 70.2 cm³/mol. The lowest BCUT2D eigenvalue weighted by Crippen LogP contribution is -2.40. The maximum absolute atomic E-state index is 11.7. The van der Waals surface area contributed by atoms with Crippen molar-refractivity contribution >= 4 is 15.8 Å². The first kappa shape index (κ1) is 15.4. The Morgan fingerprint density at radius 2 is 2.11 bits per heavy atom. The molecule has 18 heavy (non-hydrogen) atoms. The van der Waals surface area contributed by atoms with Gasteiger partial charge in [0.05, 0.1) is 17.6 Å². The average Bonchev–Trinajstić information content (AvgIpc) is 2.74. The molecule has 1 aliphatic heterocycles. The van der Waals surface area contributed by atoms with Crippen LogP contribution in [-0.2, 0) is 19.4 Å². The largest absolute Gasteiger partial charge is 0.465 e. The first-order chi connectivity index (χ1) is 8.38. The number of sulfone groups is 1. The summed E-state index contributed by atoms with van der Waals surface area (Å²) < 4.78 is 28.5. The Morgan fingerprint density at radius 3 is 2.67 bits per heavy atom. The molecule has 1 saturated heterocycles. The minimum absolute atomic E-state index is 0.112. The van der Waals surface area contributed by atoms with Crippen molar-refractivity contribution in [3.63, 3.8) is 0 Å². The van der Waals surface area contributed by atoms with Crippen molar-refractivity contribution in [2.24, 2.45) is 0 Å². The molecule has 1 unspecified atom stereocenters. The van der Waals surface area contributed by atoms with Crippen LogP contribution in [0.5, 0.6) is 0 Å². The smallest absolute Gasteiger partial charge is 0.323 e. The number of esters is 1. The summed E-state index contributed by atoms with van der Waals surface area (Å²) >= 11 is 0. The standard InChI is InChI=1S/C12H23NO4S/c1-4-17-12(14)11-6-5-7-13(11)8-9-18(15,16)10(2)3/h10-11H,4-9H2,1-3H3. The van der Waals surface area contributed by atoms with E-state index in [1.807, 2.05) is 4.90 Å². The van der Waals surface area contributed by atoms with Crippen LogP contribution < -0.4 is 0 Å². The molecule has 1 atom stereocenters. The van der Waals surface area contributed by atoms with Crippen LogP contribution in [0.3, 0.4) is 0 Å². The summed E-state index contributed by atoms with van der Waals surface area (Å²) in [4.78, 5) is 13.6. The van der Waals surface area contributed by atoms with Gasteiger partial charge in [-0.3, -0.25) is 9.69 Å². The number of rotatable bonds is 6. The Morgan fingerprint density at radius 1 is 1.44 bits per heavy atom.